The summed E-state index contributed by atoms with van der Waals surface area (Å²) in [5, 5.41) is 10.8. The molecule has 0 amide bonds. The second-order valence-corrected chi connectivity index (χ2v) is 6.53. The summed E-state index contributed by atoms with van der Waals surface area (Å²) < 4.78 is 5.25. The van der Waals surface area contributed by atoms with Gasteiger partial charge in [-0.15, -0.1) is 6.58 Å². The third-order valence-corrected chi connectivity index (χ3v) is 4.68. The van der Waals surface area contributed by atoms with E-state index in [9.17, 15) is 5.11 Å². The molecule has 0 saturated heterocycles. The smallest absolute Gasteiger partial charge is 0.0828 e. The molecule has 2 rings (SSSR count). The number of hydrogen-bond donors (Lipinski definition) is 1. The van der Waals surface area contributed by atoms with Crippen LogP contribution in [0.15, 0.2) is 66.3 Å². The molecule has 3 heteroatoms. The molecule has 0 fully saturated rings. The highest BCUT2D eigenvalue weighted by Gasteiger charge is 2.27. The van der Waals surface area contributed by atoms with Gasteiger partial charge in [0.2, 0.25) is 0 Å². The Morgan fingerprint density at radius 1 is 1.38 bits per heavy atom. The maximum absolute atomic E-state index is 10.8. The van der Waals surface area contributed by atoms with Gasteiger partial charge in [-0.05, 0) is 28.7 Å². The highest BCUT2D eigenvalue weighted by molar-refractivity contribution is 5.39. The summed E-state index contributed by atoms with van der Waals surface area (Å²) in [7, 11) is 1.68. The second kappa shape index (κ2) is 8.97. The average molecular weight is 327 g/mol. The van der Waals surface area contributed by atoms with Crippen molar-refractivity contribution >= 4 is 0 Å². The minimum Gasteiger partial charge on any atom is -0.388 e. The molecule has 0 aliphatic carbocycles. The lowest BCUT2D eigenvalue weighted by Gasteiger charge is -2.35. The molecule has 1 N–H and O–H groups in total. The lowest BCUT2D eigenvalue weighted by molar-refractivity contribution is 0.149. The van der Waals surface area contributed by atoms with E-state index >= 15 is 0 Å². The number of rotatable bonds is 8. The van der Waals surface area contributed by atoms with Crippen LogP contribution in [0.25, 0.3) is 0 Å². The minimum absolute atomic E-state index is 0.0158. The zero-order valence-electron chi connectivity index (χ0n) is 14.9. The molecule has 1 heterocycles. The van der Waals surface area contributed by atoms with Crippen LogP contribution in [-0.4, -0.2) is 42.9 Å². The predicted octanol–water partition coefficient (Wildman–Crippen LogP) is 3.57. The van der Waals surface area contributed by atoms with Gasteiger partial charge in [-0.3, -0.25) is 4.90 Å². The number of benzene rings is 1. The van der Waals surface area contributed by atoms with Crippen LogP contribution in [0, 0.1) is 5.92 Å². The van der Waals surface area contributed by atoms with Gasteiger partial charge in [0.15, 0.2) is 0 Å². The molecule has 130 valence electrons. The quantitative estimate of drug-likeness (QED) is 0.741. The Labute approximate surface area is 145 Å². The van der Waals surface area contributed by atoms with Crippen LogP contribution in [0.5, 0.6) is 0 Å². The summed E-state index contributed by atoms with van der Waals surface area (Å²) in [4.78, 5) is 2.38. The lowest BCUT2D eigenvalue weighted by Crippen LogP contribution is -2.37. The molecule has 0 bridgehead atoms. The maximum Gasteiger partial charge on any atom is 0.0828 e. The van der Waals surface area contributed by atoms with Gasteiger partial charge in [0.25, 0.3) is 0 Å². The Balaban J connectivity index is 2.21. The summed E-state index contributed by atoms with van der Waals surface area (Å²) in [6, 6.07) is 10.5. The molecule has 0 radical (unpaired) electrons. The van der Waals surface area contributed by atoms with Crippen molar-refractivity contribution in [3.05, 3.63) is 71.8 Å². The van der Waals surface area contributed by atoms with E-state index in [-0.39, 0.29) is 5.92 Å². The van der Waals surface area contributed by atoms with Crippen molar-refractivity contribution in [3.8, 4) is 0 Å². The highest BCUT2D eigenvalue weighted by Crippen LogP contribution is 2.29. The van der Waals surface area contributed by atoms with Crippen LogP contribution in [0.2, 0.25) is 0 Å². The molecular formula is C21H29NO2. The first-order valence-corrected chi connectivity index (χ1v) is 8.52. The number of aliphatic hydroxyl groups excluding tert-OH is 1. The third-order valence-electron chi connectivity index (χ3n) is 4.68. The Morgan fingerprint density at radius 3 is 2.71 bits per heavy atom. The molecule has 24 heavy (non-hydrogen) atoms. The normalized spacial score (nSPS) is 18.3. The van der Waals surface area contributed by atoms with E-state index in [2.05, 4.69) is 42.3 Å². The Kier molecular flexibility index (Phi) is 6.98. The summed E-state index contributed by atoms with van der Waals surface area (Å²) in [6.07, 6.45) is 2.18. The zero-order valence-corrected chi connectivity index (χ0v) is 14.9. The molecule has 1 aromatic carbocycles. The van der Waals surface area contributed by atoms with Gasteiger partial charge in [0.05, 0.1) is 12.7 Å². The number of ether oxygens (including phenoxy) is 1. The first-order chi connectivity index (χ1) is 11.6. The predicted molar refractivity (Wildman–Crippen MR) is 99.7 cm³/mol. The molecule has 2 atom stereocenters. The molecular weight excluding hydrogens is 298 g/mol. The molecule has 0 aromatic heterocycles. The van der Waals surface area contributed by atoms with Crippen molar-refractivity contribution in [2.45, 2.75) is 26.0 Å². The standard InChI is InChI=1S/C21H29NO2/c1-5-16(2)21(23)20-14-22(13-18-9-7-6-8-10-18)12-11-19(20)17(3)15-24-4/h5-10,16,21,23H,1,3,11-15H2,2,4H3. The van der Waals surface area contributed by atoms with Crippen molar-refractivity contribution in [2.24, 2.45) is 5.92 Å². The number of methoxy groups -OCH3 is 1. The fraction of sp³-hybridized carbons (Fsp3) is 0.429. The van der Waals surface area contributed by atoms with Gasteiger partial charge in [0, 0.05) is 32.7 Å². The monoisotopic (exact) mass is 327 g/mol. The van der Waals surface area contributed by atoms with Crippen molar-refractivity contribution in [2.75, 3.05) is 26.8 Å². The van der Waals surface area contributed by atoms with E-state index in [4.69, 9.17) is 4.74 Å². The number of nitrogens with zero attached hydrogens (tertiary/aromatic N) is 1. The fourth-order valence-corrected chi connectivity index (χ4v) is 3.21. The molecule has 1 aliphatic heterocycles. The minimum atomic E-state index is -0.523. The van der Waals surface area contributed by atoms with E-state index in [1.165, 1.54) is 11.1 Å². The molecule has 1 aromatic rings. The molecule has 0 saturated carbocycles. The van der Waals surface area contributed by atoms with Crippen LogP contribution in [0.4, 0.5) is 0 Å². The summed E-state index contributed by atoms with van der Waals surface area (Å²) in [6.45, 7) is 13.1. The first-order valence-electron chi connectivity index (χ1n) is 8.52. The number of hydrogen-bond acceptors (Lipinski definition) is 3. The average Bonchev–Trinajstić information content (AvgIpc) is 2.61. The lowest BCUT2D eigenvalue weighted by atomic mass is 9.86. The SMILES string of the molecule is C=CC(C)C(O)C1=C(C(=C)COC)CCN(Cc2ccccc2)C1. The Bertz CT molecular complexity index is 591. The van der Waals surface area contributed by atoms with Gasteiger partial charge in [-0.1, -0.05) is 49.9 Å². The largest absolute Gasteiger partial charge is 0.388 e. The Morgan fingerprint density at radius 2 is 2.08 bits per heavy atom. The van der Waals surface area contributed by atoms with Crippen LogP contribution in [0.3, 0.4) is 0 Å². The molecule has 3 nitrogen and oxygen atoms in total. The maximum atomic E-state index is 10.8. The highest BCUT2D eigenvalue weighted by atomic mass is 16.5. The second-order valence-electron chi connectivity index (χ2n) is 6.53. The third kappa shape index (κ3) is 4.67. The molecule has 2 unspecified atom stereocenters. The van der Waals surface area contributed by atoms with E-state index in [0.29, 0.717) is 6.61 Å². The first kappa shape index (κ1) is 18.7. The van der Waals surface area contributed by atoms with Crippen molar-refractivity contribution in [1.82, 2.24) is 4.90 Å². The number of aliphatic hydroxyl groups is 1. The van der Waals surface area contributed by atoms with Gasteiger partial charge in [0.1, 0.15) is 0 Å². The van der Waals surface area contributed by atoms with E-state index < -0.39 is 6.10 Å². The van der Waals surface area contributed by atoms with E-state index in [1.807, 2.05) is 19.1 Å². The van der Waals surface area contributed by atoms with Crippen molar-refractivity contribution in [3.63, 3.8) is 0 Å². The molecule has 0 spiro atoms. The van der Waals surface area contributed by atoms with Crippen LogP contribution in [-0.2, 0) is 11.3 Å². The van der Waals surface area contributed by atoms with E-state index in [0.717, 1.165) is 37.2 Å². The van der Waals surface area contributed by atoms with Crippen LogP contribution >= 0.6 is 0 Å². The van der Waals surface area contributed by atoms with Crippen molar-refractivity contribution in [1.29, 1.82) is 0 Å². The van der Waals surface area contributed by atoms with Crippen LogP contribution < -0.4 is 0 Å². The van der Waals surface area contributed by atoms with Gasteiger partial charge < -0.3 is 9.84 Å². The van der Waals surface area contributed by atoms with Gasteiger partial charge >= 0.3 is 0 Å². The van der Waals surface area contributed by atoms with Crippen LogP contribution in [0.1, 0.15) is 18.9 Å². The zero-order chi connectivity index (χ0) is 17.5. The fourth-order valence-electron chi connectivity index (χ4n) is 3.21. The summed E-state index contributed by atoms with van der Waals surface area (Å²) in [5.74, 6) is 0.0158. The Hall–Kier alpha value is -1.68. The van der Waals surface area contributed by atoms with Crippen molar-refractivity contribution < 1.29 is 9.84 Å². The van der Waals surface area contributed by atoms with Gasteiger partial charge in [-0.25, -0.2) is 0 Å². The summed E-state index contributed by atoms with van der Waals surface area (Å²) in [5.41, 5.74) is 4.50. The topological polar surface area (TPSA) is 32.7 Å². The molecule has 1 aliphatic rings. The van der Waals surface area contributed by atoms with E-state index in [1.54, 1.807) is 7.11 Å². The summed E-state index contributed by atoms with van der Waals surface area (Å²) >= 11 is 0. The van der Waals surface area contributed by atoms with Gasteiger partial charge in [-0.2, -0.15) is 0 Å².